The number of hydrogen-bond donors (Lipinski definition) is 1. The molecule has 4 nitrogen and oxygen atoms in total. The van der Waals surface area contributed by atoms with E-state index in [4.69, 9.17) is 4.74 Å². The number of carbonyl (C=O) groups is 1. The van der Waals surface area contributed by atoms with Crippen LogP contribution in [0.3, 0.4) is 0 Å². The topological polar surface area (TPSA) is 49.8 Å². The van der Waals surface area contributed by atoms with Gasteiger partial charge in [0, 0.05) is 12.5 Å². The van der Waals surface area contributed by atoms with Crippen LogP contribution < -0.4 is 0 Å². The first-order valence-corrected chi connectivity index (χ1v) is 7.59. The van der Waals surface area contributed by atoms with Crippen molar-refractivity contribution in [1.82, 2.24) is 4.90 Å². The maximum absolute atomic E-state index is 13.5. The second-order valence-electron chi connectivity index (χ2n) is 6.89. The number of likely N-dealkylation sites (tertiary alicyclic amines) is 1. The van der Waals surface area contributed by atoms with Gasteiger partial charge in [0.1, 0.15) is 11.4 Å². The smallest absolute Gasteiger partial charge is 0.410 e. The molecule has 1 heterocycles. The summed E-state index contributed by atoms with van der Waals surface area (Å²) in [5, 5.41) is 10.4. The molecule has 2 rings (SSSR count). The van der Waals surface area contributed by atoms with Crippen molar-refractivity contribution in [3.05, 3.63) is 35.1 Å². The average Bonchev–Trinajstić information content (AvgIpc) is 2.40. The summed E-state index contributed by atoms with van der Waals surface area (Å²) in [4.78, 5) is 13.6. The number of β-amino-alcohol motifs (C(OH)–C–C–N with tert-alkyl or cyclic N) is 1. The molecule has 122 valence electrons. The number of aryl methyl sites for hydroxylation is 1. The second-order valence-corrected chi connectivity index (χ2v) is 6.89. The lowest BCUT2D eigenvalue weighted by molar-refractivity contribution is -0.00159. The van der Waals surface area contributed by atoms with E-state index in [0.717, 1.165) is 11.1 Å². The predicted octanol–water partition coefficient (Wildman–Crippen LogP) is 3.22. The summed E-state index contributed by atoms with van der Waals surface area (Å²) in [5.41, 5.74) is 1.21. The minimum atomic E-state index is -0.721. The molecule has 1 aromatic carbocycles. The van der Waals surface area contributed by atoms with Gasteiger partial charge in [0.2, 0.25) is 0 Å². The lowest BCUT2D eigenvalue weighted by Gasteiger charge is -2.37. The molecule has 1 aliphatic heterocycles. The van der Waals surface area contributed by atoms with Gasteiger partial charge in [-0.05, 0) is 57.4 Å². The number of halogens is 1. The maximum atomic E-state index is 13.5. The first kappa shape index (κ1) is 16.7. The van der Waals surface area contributed by atoms with Crippen LogP contribution in [0.4, 0.5) is 9.18 Å². The fourth-order valence-corrected chi connectivity index (χ4v) is 2.80. The molecule has 1 aliphatic rings. The van der Waals surface area contributed by atoms with Gasteiger partial charge in [-0.2, -0.15) is 0 Å². The zero-order chi connectivity index (χ0) is 16.5. The highest BCUT2D eigenvalue weighted by Crippen LogP contribution is 2.31. The summed E-state index contributed by atoms with van der Waals surface area (Å²) in [6.07, 6.45) is -0.548. The molecule has 5 heteroatoms. The molecule has 1 amide bonds. The zero-order valence-electron chi connectivity index (χ0n) is 13.6. The number of ether oxygens (including phenoxy) is 1. The third-order valence-corrected chi connectivity index (χ3v) is 3.87. The molecule has 1 saturated heterocycles. The normalized spacial score (nSPS) is 22.5. The molecule has 0 radical (unpaired) electrons. The molecule has 1 aromatic rings. The Labute approximate surface area is 130 Å². The number of nitrogens with zero attached hydrogens (tertiary/aromatic N) is 1. The van der Waals surface area contributed by atoms with Gasteiger partial charge in [-0.3, -0.25) is 0 Å². The molecular weight excluding hydrogens is 285 g/mol. The Balaban J connectivity index is 2.07. The van der Waals surface area contributed by atoms with Gasteiger partial charge in [0.15, 0.2) is 0 Å². The minimum absolute atomic E-state index is 0.158. The molecule has 1 N–H and O–H groups in total. The molecule has 22 heavy (non-hydrogen) atoms. The fraction of sp³-hybridized carbons (Fsp3) is 0.588. The largest absolute Gasteiger partial charge is 0.444 e. The monoisotopic (exact) mass is 309 g/mol. The van der Waals surface area contributed by atoms with Crippen molar-refractivity contribution in [1.29, 1.82) is 0 Å². The highest BCUT2D eigenvalue weighted by molar-refractivity contribution is 5.68. The van der Waals surface area contributed by atoms with E-state index < -0.39 is 17.8 Å². The van der Waals surface area contributed by atoms with Crippen molar-refractivity contribution in [3.8, 4) is 0 Å². The summed E-state index contributed by atoms with van der Waals surface area (Å²) in [5.74, 6) is -0.461. The van der Waals surface area contributed by atoms with Crippen LogP contribution in [-0.4, -0.2) is 40.9 Å². The molecular formula is C17H24FNO3. The summed E-state index contributed by atoms with van der Waals surface area (Å²) in [7, 11) is 0. The van der Waals surface area contributed by atoms with Crippen molar-refractivity contribution >= 4 is 6.09 Å². The molecule has 0 spiro atoms. The zero-order valence-corrected chi connectivity index (χ0v) is 13.6. The lowest BCUT2D eigenvalue weighted by Crippen LogP contribution is -2.47. The van der Waals surface area contributed by atoms with E-state index >= 15 is 0 Å². The molecule has 0 aliphatic carbocycles. The Morgan fingerprint density at radius 1 is 1.41 bits per heavy atom. The van der Waals surface area contributed by atoms with Crippen LogP contribution in [0.15, 0.2) is 18.2 Å². The van der Waals surface area contributed by atoms with Gasteiger partial charge in [-0.15, -0.1) is 0 Å². The first-order chi connectivity index (χ1) is 10.2. The van der Waals surface area contributed by atoms with Crippen LogP contribution in [-0.2, 0) is 4.74 Å². The maximum Gasteiger partial charge on any atom is 0.410 e. The van der Waals surface area contributed by atoms with E-state index in [1.807, 2.05) is 27.7 Å². The van der Waals surface area contributed by atoms with Gasteiger partial charge in [0.05, 0.1) is 12.6 Å². The molecule has 1 fully saturated rings. The number of hydrogen-bond acceptors (Lipinski definition) is 3. The van der Waals surface area contributed by atoms with Crippen molar-refractivity contribution in [2.45, 2.75) is 51.7 Å². The number of amides is 1. The van der Waals surface area contributed by atoms with Gasteiger partial charge < -0.3 is 14.7 Å². The van der Waals surface area contributed by atoms with Gasteiger partial charge in [-0.1, -0.05) is 6.07 Å². The van der Waals surface area contributed by atoms with Crippen molar-refractivity contribution in [3.63, 3.8) is 0 Å². The van der Waals surface area contributed by atoms with Gasteiger partial charge in [-0.25, -0.2) is 9.18 Å². The van der Waals surface area contributed by atoms with Crippen molar-refractivity contribution in [2.75, 3.05) is 13.1 Å². The van der Waals surface area contributed by atoms with Crippen LogP contribution in [0.2, 0.25) is 0 Å². The Hall–Kier alpha value is -1.62. The highest BCUT2D eigenvalue weighted by atomic mass is 19.1. The summed E-state index contributed by atoms with van der Waals surface area (Å²) >= 11 is 0. The van der Waals surface area contributed by atoms with E-state index in [1.165, 1.54) is 17.0 Å². The standard InChI is InChI=1S/C17H24FNO3/c1-11-5-6-12(18)9-14(11)13-7-8-19(10-15(13)20)16(21)22-17(2,3)4/h5-6,9,13,15,20H,7-8,10H2,1-4H3. The molecule has 0 saturated carbocycles. The first-order valence-electron chi connectivity index (χ1n) is 7.59. The summed E-state index contributed by atoms with van der Waals surface area (Å²) < 4.78 is 18.8. The Kier molecular flexibility index (Phi) is 4.75. The lowest BCUT2D eigenvalue weighted by atomic mass is 9.85. The predicted molar refractivity (Wildman–Crippen MR) is 82.3 cm³/mol. The van der Waals surface area contributed by atoms with Crippen LogP contribution >= 0.6 is 0 Å². The van der Waals surface area contributed by atoms with Gasteiger partial charge >= 0.3 is 6.09 Å². The molecule has 2 atom stereocenters. The van der Waals surface area contributed by atoms with Crippen molar-refractivity contribution in [2.24, 2.45) is 0 Å². The number of benzene rings is 1. The molecule has 0 bridgehead atoms. The van der Waals surface area contributed by atoms with E-state index in [2.05, 4.69) is 0 Å². The average molecular weight is 309 g/mol. The third-order valence-electron chi connectivity index (χ3n) is 3.87. The van der Waals surface area contributed by atoms with E-state index in [9.17, 15) is 14.3 Å². The van der Waals surface area contributed by atoms with E-state index in [1.54, 1.807) is 6.07 Å². The number of aliphatic hydroxyl groups is 1. The van der Waals surface area contributed by atoms with Crippen molar-refractivity contribution < 1.29 is 19.0 Å². The molecule has 0 aromatic heterocycles. The SMILES string of the molecule is Cc1ccc(F)cc1C1CCN(C(=O)OC(C)(C)C)CC1O. The Bertz CT molecular complexity index is 553. The van der Waals surface area contributed by atoms with E-state index in [0.29, 0.717) is 13.0 Å². The van der Waals surface area contributed by atoms with Crippen LogP contribution in [0.1, 0.15) is 44.2 Å². The quantitative estimate of drug-likeness (QED) is 0.866. The number of rotatable bonds is 1. The second kappa shape index (κ2) is 6.24. The Morgan fingerprint density at radius 2 is 2.09 bits per heavy atom. The summed E-state index contributed by atoms with van der Waals surface area (Å²) in [6.45, 7) is 8.03. The van der Waals surface area contributed by atoms with Gasteiger partial charge in [0.25, 0.3) is 0 Å². The number of carbonyl (C=O) groups excluding carboxylic acids is 1. The number of aliphatic hydroxyl groups excluding tert-OH is 1. The van der Waals surface area contributed by atoms with Crippen LogP contribution in [0.25, 0.3) is 0 Å². The third kappa shape index (κ3) is 3.97. The Morgan fingerprint density at radius 3 is 2.68 bits per heavy atom. The minimum Gasteiger partial charge on any atom is -0.444 e. The van der Waals surface area contributed by atoms with Crippen LogP contribution in [0.5, 0.6) is 0 Å². The fourth-order valence-electron chi connectivity index (χ4n) is 2.80. The summed E-state index contributed by atoms with van der Waals surface area (Å²) in [6, 6.07) is 4.62. The highest BCUT2D eigenvalue weighted by Gasteiger charge is 2.33. The van der Waals surface area contributed by atoms with Crippen LogP contribution in [0, 0.1) is 12.7 Å². The van der Waals surface area contributed by atoms with E-state index in [-0.39, 0.29) is 18.3 Å². The molecule has 2 unspecified atom stereocenters. The number of piperidine rings is 1.